The molecule has 0 saturated carbocycles. The van der Waals surface area contributed by atoms with Gasteiger partial charge in [0, 0.05) is 12.5 Å². The third-order valence-corrected chi connectivity index (χ3v) is 4.40. The second kappa shape index (κ2) is 8.12. The molecule has 0 bridgehead atoms. The van der Waals surface area contributed by atoms with Crippen LogP contribution < -0.4 is 15.4 Å². The fourth-order valence-electron chi connectivity index (χ4n) is 3.02. The Morgan fingerprint density at radius 1 is 1.32 bits per heavy atom. The lowest BCUT2D eigenvalue weighted by atomic mass is 10.1. The van der Waals surface area contributed by atoms with Gasteiger partial charge in [0.2, 0.25) is 5.91 Å². The predicted molar refractivity (Wildman–Crippen MR) is 95.1 cm³/mol. The summed E-state index contributed by atoms with van der Waals surface area (Å²) in [5.74, 6) is 0.292. The zero-order valence-corrected chi connectivity index (χ0v) is 14.3. The Morgan fingerprint density at radius 2 is 2.12 bits per heavy atom. The average molecular weight is 342 g/mol. The number of rotatable bonds is 6. The molecule has 0 aliphatic carbocycles. The summed E-state index contributed by atoms with van der Waals surface area (Å²) in [4.78, 5) is 12.1. The van der Waals surface area contributed by atoms with Crippen LogP contribution in [0.5, 0.6) is 11.5 Å². The second-order valence-corrected chi connectivity index (χ2v) is 6.39. The summed E-state index contributed by atoms with van der Waals surface area (Å²) in [5.41, 5.74) is 0.714. The molecular weight excluding hydrogens is 319 g/mol. The van der Waals surface area contributed by atoms with Gasteiger partial charge in [-0.15, -0.1) is 0 Å². The number of halogens is 1. The lowest BCUT2D eigenvalue weighted by molar-refractivity contribution is -0.122. The highest BCUT2D eigenvalue weighted by atomic mass is 19.1. The van der Waals surface area contributed by atoms with Crippen LogP contribution in [0.2, 0.25) is 0 Å². The molecule has 0 aromatic heterocycles. The van der Waals surface area contributed by atoms with Crippen molar-refractivity contribution in [2.45, 2.75) is 38.3 Å². The van der Waals surface area contributed by atoms with E-state index in [1.807, 2.05) is 25.1 Å². The summed E-state index contributed by atoms with van der Waals surface area (Å²) >= 11 is 0. The van der Waals surface area contributed by atoms with Crippen LogP contribution in [0.25, 0.3) is 0 Å². The minimum absolute atomic E-state index is 0.0167. The molecule has 1 saturated heterocycles. The first-order chi connectivity index (χ1) is 12.1. The summed E-state index contributed by atoms with van der Waals surface area (Å²) in [5, 5.41) is 6.24. The van der Waals surface area contributed by atoms with Gasteiger partial charge in [-0.1, -0.05) is 24.3 Å². The zero-order valence-electron chi connectivity index (χ0n) is 14.3. The zero-order chi connectivity index (χ0) is 17.6. The molecule has 1 aliphatic heterocycles. The first-order valence-electron chi connectivity index (χ1n) is 8.67. The van der Waals surface area contributed by atoms with E-state index in [2.05, 4.69) is 10.6 Å². The van der Waals surface area contributed by atoms with Crippen molar-refractivity contribution >= 4 is 5.91 Å². The van der Waals surface area contributed by atoms with Gasteiger partial charge < -0.3 is 15.4 Å². The smallest absolute Gasteiger partial charge is 0.222 e. The molecule has 0 radical (unpaired) electrons. The normalized spacial score (nSPS) is 17.9. The van der Waals surface area contributed by atoms with Crippen molar-refractivity contribution in [3.8, 4) is 11.5 Å². The van der Waals surface area contributed by atoms with Crippen molar-refractivity contribution in [1.82, 2.24) is 10.6 Å². The molecule has 4 nitrogen and oxygen atoms in total. The number of amides is 1. The number of carbonyl (C=O) groups is 1. The van der Waals surface area contributed by atoms with Gasteiger partial charge in [0.25, 0.3) is 0 Å². The van der Waals surface area contributed by atoms with E-state index in [1.165, 1.54) is 6.07 Å². The highest BCUT2D eigenvalue weighted by Gasteiger charge is 2.19. The minimum Gasteiger partial charge on any atom is -0.454 e. The molecule has 2 N–H and O–H groups in total. The first kappa shape index (κ1) is 17.4. The summed E-state index contributed by atoms with van der Waals surface area (Å²) in [7, 11) is 0. The Hall–Kier alpha value is -2.40. The van der Waals surface area contributed by atoms with Crippen molar-refractivity contribution < 1.29 is 13.9 Å². The molecule has 2 unspecified atom stereocenters. The quantitative estimate of drug-likeness (QED) is 0.836. The molecule has 1 aliphatic rings. The molecule has 25 heavy (non-hydrogen) atoms. The third-order valence-electron chi connectivity index (χ3n) is 4.40. The van der Waals surface area contributed by atoms with Crippen molar-refractivity contribution in [2.75, 3.05) is 6.54 Å². The second-order valence-electron chi connectivity index (χ2n) is 6.39. The predicted octanol–water partition coefficient (Wildman–Crippen LogP) is 3.94. The van der Waals surface area contributed by atoms with Crippen molar-refractivity contribution in [2.24, 2.45) is 0 Å². The number of nitrogens with one attached hydrogen (secondary N) is 2. The standard InChI is InChI=1S/C20H23FN2O2/c1-14(23-20(24)13-16-6-5-11-22-16)15-9-10-19(18(21)12-15)25-17-7-3-2-4-8-17/h2-4,7-10,12,14,16,22H,5-6,11,13H2,1H3,(H,23,24). The number of hydrogen-bond acceptors (Lipinski definition) is 3. The van der Waals surface area contributed by atoms with Crippen molar-refractivity contribution in [3.05, 3.63) is 59.9 Å². The van der Waals surface area contributed by atoms with E-state index >= 15 is 0 Å². The molecule has 1 heterocycles. The third kappa shape index (κ3) is 4.79. The van der Waals surface area contributed by atoms with Crippen molar-refractivity contribution in [1.29, 1.82) is 0 Å². The van der Waals surface area contributed by atoms with Gasteiger partial charge in [0.15, 0.2) is 11.6 Å². The summed E-state index contributed by atoms with van der Waals surface area (Å²) in [6.45, 7) is 2.83. The Morgan fingerprint density at radius 3 is 2.80 bits per heavy atom. The Bertz CT molecular complexity index is 715. The maximum Gasteiger partial charge on any atom is 0.222 e. The molecule has 0 spiro atoms. The van der Waals surface area contributed by atoms with E-state index < -0.39 is 5.82 Å². The van der Waals surface area contributed by atoms with Crippen LogP contribution in [0.1, 0.15) is 37.8 Å². The van der Waals surface area contributed by atoms with Crippen LogP contribution in [0, 0.1) is 5.82 Å². The Labute approximate surface area is 147 Å². The number of para-hydroxylation sites is 1. The van der Waals surface area contributed by atoms with Crippen LogP contribution in [0.4, 0.5) is 4.39 Å². The van der Waals surface area contributed by atoms with Gasteiger partial charge in [-0.2, -0.15) is 0 Å². The first-order valence-corrected chi connectivity index (χ1v) is 8.67. The molecule has 1 fully saturated rings. The molecule has 3 rings (SSSR count). The van der Waals surface area contributed by atoms with Crippen LogP contribution in [-0.2, 0) is 4.79 Å². The van der Waals surface area contributed by atoms with E-state index in [1.54, 1.807) is 24.3 Å². The molecule has 2 aromatic carbocycles. The molecule has 1 amide bonds. The number of hydrogen-bond donors (Lipinski definition) is 2. The van der Waals surface area contributed by atoms with E-state index in [0.29, 0.717) is 17.7 Å². The van der Waals surface area contributed by atoms with Crippen LogP contribution in [0.3, 0.4) is 0 Å². The fraction of sp³-hybridized carbons (Fsp3) is 0.350. The fourth-order valence-corrected chi connectivity index (χ4v) is 3.02. The molecular formula is C20H23FN2O2. The lowest BCUT2D eigenvalue weighted by Crippen LogP contribution is -2.33. The lowest BCUT2D eigenvalue weighted by Gasteiger charge is -2.17. The molecule has 132 valence electrons. The summed E-state index contributed by atoms with van der Waals surface area (Å²) in [6, 6.07) is 13.9. The van der Waals surface area contributed by atoms with Crippen molar-refractivity contribution in [3.63, 3.8) is 0 Å². The summed E-state index contributed by atoms with van der Waals surface area (Å²) < 4.78 is 19.9. The van der Waals surface area contributed by atoms with Gasteiger partial charge in [-0.05, 0) is 56.1 Å². The van der Waals surface area contributed by atoms with Gasteiger partial charge in [-0.25, -0.2) is 4.39 Å². The summed E-state index contributed by atoms with van der Waals surface area (Å²) in [6.07, 6.45) is 2.60. The highest BCUT2D eigenvalue weighted by molar-refractivity contribution is 5.77. The largest absolute Gasteiger partial charge is 0.454 e. The number of carbonyl (C=O) groups excluding carboxylic acids is 1. The maximum absolute atomic E-state index is 14.3. The molecule has 2 aromatic rings. The number of ether oxygens (including phenoxy) is 1. The van der Waals surface area contributed by atoms with Gasteiger partial charge in [0.1, 0.15) is 5.75 Å². The van der Waals surface area contributed by atoms with E-state index in [0.717, 1.165) is 19.4 Å². The average Bonchev–Trinajstić information content (AvgIpc) is 3.10. The van der Waals surface area contributed by atoms with E-state index in [9.17, 15) is 9.18 Å². The number of benzene rings is 2. The van der Waals surface area contributed by atoms with Gasteiger partial charge in [0.05, 0.1) is 6.04 Å². The van der Waals surface area contributed by atoms with Crippen LogP contribution >= 0.6 is 0 Å². The monoisotopic (exact) mass is 342 g/mol. The maximum atomic E-state index is 14.3. The highest BCUT2D eigenvalue weighted by Crippen LogP contribution is 2.26. The molecule has 2 atom stereocenters. The van der Waals surface area contributed by atoms with Gasteiger partial charge in [-0.3, -0.25) is 4.79 Å². The minimum atomic E-state index is -0.445. The Kier molecular flexibility index (Phi) is 5.66. The topological polar surface area (TPSA) is 50.4 Å². The Balaban J connectivity index is 1.60. The van der Waals surface area contributed by atoms with Gasteiger partial charge >= 0.3 is 0 Å². The van der Waals surface area contributed by atoms with Crippen LogP contribution in [0.15, 0.2) is 48.5 Å². The van der Waals surface area contributed by atoms with Crippen LogP contribution in [-0.4, -0.2) is 18.5 Å². The van der Waals surface area contributed by atoms with E-state index in [4.69, 9.17) is 4.74 Å². The SMILES string of the molecule is CC(NC(=O)CC1CCCN1)c1ccc(Oc2ccccc2)c(F)c1. The van der Waals surface area contributed by atoms with E-state index in [-0.39, 0.29) is 23.7 Å². The molecule has 5 heteroatoms.